The molecule has 0 aliphatic carbocycles. The van der Waals surface area contributed by atoms with Crippen molar-refractivity contribution in [3.05, 3.63) is 29.8 Å². The maximum absolute atomic E-state index is 12.7. The summed E-state index contributed by atoms with van der Waals surface area (Å²) in [6, 6.07) is 5.52. The Balaban J connectivity index is 2.94. The van der Waals surface area contributed by atoms with Gasteiger partial charge in [0.05, 0.1) is 12.2 Å². The molecule has 1 rings (SSSR count). The summed E-state index contributed by atoms with van der Waals surface area (Å²) in [5.41, 5.74) is -0.444. The van der Waals surface area contributed by atoms with Gasteiger partial charge < -0.3 is 9.64 Å². The molecule has 0 aromatic heterocycles. The van der Waals surface area contributed by atoms with Gasteiger partial charge in [0.15, 0.2) is 0 Å². The van der Waals surface area contributed by atoms with E-state index in [1.807, 2.05) is 0 Å². The fourth-order valence-electron chi connectivity index (χ4n) is 1.39. The molecule has 0 aliphatic heterocycles. The largest absolute Gasteiger partial charge is 0.418 e. The summed E-state index contributed by atoms with van der Waals surface area (Å²) >= 11 is 0. The van der Waals surface area contributed by atoms with E-state index in [0.29, 0.717) is 13.2 Å². The summed E-state index contributed by atoms with van der Waals surface area (Å²) < 4.78 is 42.9. The second-order valence-corrected chi connectivity index (χ2v) is 3.43. The average Bonchev–Trinajstić information content (AvgIpc) is 2.24. The number of methoxy groups -OCH3 is 1. The van der Waals surface area contributed by atoms with Crippen molar-refractivity contribution in [2.45, 2.75) is 6.18 Å². The first-order chi connectivity index (χ1) is 7.46. The SMILES string of the molecule is COCCN(C)c1ccccc1C(F)(F)F. The highest BCUT2D eigenvalue weighted by atomic mass is 19.4. The molecule has 1 aromatic rings. The minimum absolute atomic E-state index is 0.173. The first kappa shape index (κ1) is 12.8. The van der Waals surface area contributed by atoms with Gasteiger partial charge in [0.1, 0.15) is 0 Å². The molecule has 0 radical (unpaired) electrons. The van der Waals surface area contributed by atoms with Crippen molar-refractivity contribution in [3.8, 4) is 0 Å². The van der Waals surface area contributed by atoms with Crippen molar-refractivity contribution >= 4 is 5.69 Å². The van der Waals surface area contributed by atoms with Gasteiger partial charge in [-0.1, -0.05) is 12.1 Å². The fraction of sp³-hybridized carbons (Fsp3) is 0.455. The molecule has 0 saturated heterocycles. The smallest absolute Gasteiger partial charge is 0.383 e. The summed E-state index contributed by atoms with van der Waals surface area (Å²) in [4.78, 5) is 1.53. The lowest BCUT2D eigenvalue weighted by Gasteiger charge is -2.23. The number of nitrogens with zero attached hydrogens (tertiary/aromatic N) is 1. The number of alkyl halides is 3. The van der Waals surface area contributed by atoms with Crippen LogP contribution >= 0.6 is 0 Å². The van der Waals surface area contributed by atoms with Gasteiger partial charge in [0.25, 0.3) is 0 Å². The number of hydrogen-bond acceptors (Lipinski definition) is 2. The minimum atomic E-state index is -4.32. The minimum Gasteiger partial charge on any atom is -0.383 e. The number of halogens is 3. The fourth-order valence-corrected chi connectivity index (χ4v) is 1.39. The number of para-hydroxylation sites is 1. The van der Waals surface area contributed by atoms with Gasteiger partial charge in [-0.2, -0.15) is 13.2 Å². The highest BCUT2D eigenvalue weighted by Gasteiger charge is 2.33. The highest BCUT2D eigenvalue weighted by molar-refractivity contribution is 5.54. The van der Waals surface area contributed by atoms with Crippen LogP contribution < -0.4 is 4.90 Å². The number of rotatable bonds is 4. The van der Waals surface area contributed by atoms with Crippen molar-refractivity contribution in [3.63, 3.8) is 0 Å². The first-order valence-corrected chi connectivity index (χ1v) is 4.83. The first-order valence-electron chi connectivity index (χ1n) is 4.83. The van der Waals surface area contributed by atoms with Crippen molar-refractivity contribution in [2.75, 3.05) is 32.2 Å². The van der Waals surface area contributed by atoms with Crippen LogP contribution in [0.4, 0.5) is 18.9 Å². The van der Waals surface area contributed by atoms with Crippen LogP contribution in [0, 0.1) is 0 Å². The Bertz CT molecular complexity index is 338. The molecule has 5 heteroatoms. The molecule has 0 bridgehead atoms. The Hall–Kier alpha value is -1.23. The number of likely N-dealkylation sites (N-methyl/N-ethyl adjacent to an activating group) is 1. The van der Waals surface area contributed by atoms with Crippen LogP contribution in [0.2, 0.25) is 0 Å². The third kappa shape index (κ3) is 3.13. The topological polar surface area (TPSA) is 12.5 Å². The summed E-state index contributed by atoms with van der Waals surface area (Å²) in [6.45, 7) is 0.812. The molecule has 1 aromatic carbocycles. The molecule has 0 heterocycles. The maximum Gasteiger partial charge on any atom is 0.418 e. The molecule has 0 saturated carbocycles. The Kier molecular flexibility index (Phi) is 4.18. The van der Waals surface area contributed by atoms with Crippen LogP contribution in [0.1, 0.15) is 5.56 Å². The van der Waals surface area contributed by atoms with Crippen LogP contribution in [0.3, 0.4) is 0 Å². The third-order valence-corrected chi connectivity index (χ3v) is 2.25. The molecular formula is C11H14F3NO. The quantitative estimate of drug-likeness (QED) is 0.792. The van der Waals surface area contributed by atoms with Gasteiger partial charge in [-0.05, 0) is 12.1 Å². The maximum atomic E-state index is 12.7. The van der Waals surface area contributed by atoms with Crippen molar-refractivity contribution in [2.24, 2.45) is 0 Å². The predicted octanol–water partition coefficient (Wildman–Crippen LogP) is 2.79. The van der Waals surface area contributed by atoms with E-state index in [4.69, 9.17) is 4.74 Å². The number of benzene rings is 1. The highest BCUT2D eigenvalue weighted by Crippen LogP contribution is 2.35. The van der Waals surface area contributed by atoms with Crippen molar-refractivity contribution < 1.29 is 17.9 Å². The van der Waals surface area contributed by atoms with Crippen LogP contribution in [0.5, 0.6) is 0 Å². The van der Waals surface area contributed by atoms with Crippen LogP contribution in [0.15, 0.2) is 24.3 Å². The molecule has 0 spiro atoms. The zero-order valence-corrected chi connectivity index (χ0v) is 9.21. The molecule has 0 unspecified atom stereocenters. The molecule has 90 valence electrons. The molecular weight excluding hydrogens is 219 g/mol. The Morgan fingerprint density at radius 2 is 1.88 bits per heavy atom. The van der Waals surface area contributed by atoms with Gasteiger partial charge in [-0.3, -0.25) is 0 Å². The zero-order valence-electron chi connectivity index (χ0n) is 9.21. The third-order valence-electron chi connectivity index (χ3n) is 2.25. The van der Waals surface area contributed by atoms with E-state index < -0.39 is 11.7 Å². The number of hydrogen-bond donors (Lipinski definition) is 0. The van der Waals surface area contributed by atoms with Gasteiger partial charge in [-0.25, -0.2) is 0 Å². The Morgan fingerprint density at radius 3 is 2.44 bits per heavy atom. The molecule has 0 fully saturated rings. The van der Waals surface area contributed by atoms with E-state index >= 15 is 0 Å². The lowest BCUT2D eigenvalue weighted by atomic mass is 10.1. The van der Waals surface area contributed by atoms with E-state index in [-0.39, 0.29) is 5.69 Å². The van der Waals surface area contributed by atoms with Crippen molar-refractivity contribution in [1.82, 2.24) is 0 Å². The molecule has 16 heavy (non-hydrogen) atoms. The van der Waals surface area contributed by atoms with Gasteiger partial charge in [0.2, 0.25) is 0 Å². The van der Waals surface area contributed by atoms with Gasteiger partial charge in [-0.15, -0.1) is 0 Å². The zero-order chi connectivity index (χ0) is 12.2. The molecule has 0 N–H and O–H groups in total. The van der Waals surface area contributed by atoms with E-state index in [1.54, 1.807) is 13.1 Å². The van der Waals surface area contributed by atoms with Crippen LogP contribution in [0.25, 0.3) is 0 Å². The van der Waals surface area contributed by atoms with Gasteiger partial charge in [0, 0.05) is 26.4 Å². The summed E-state index contributed by atoms with van der Waals surface area (Å²) in [6.07, 6.45) is -4.32. The molecule has 2 nitrogen and oxygen atoms in total. The summed E-state index contributed by atoms with van der Waals surface area (Å²) in [5, 5.41) is 0. The second-order valence-electron chi connectivity index (χ2n) is 3.43. The predicted molar refractivity (Wildman–Crippen MR) is 56.6 cm³/mol. The second kappa shape index (κ2) is 5.21. The van der Waals surface area contributed by atoms with E-state index in [2.05, 4.69) is 0 Å². The number of ether oxygens (including phenoxy) is 1. The average molecular weight is 233 g/mol. The van der Waals surface area contributed by atoms with Crippen molar-refractivity contribution in [1.29, 1.82) is 0 Å². The molecule has 0 amide bonds. The molecule has 0 atom stereocenters. The lowest BCUT2D eigenvalue weighted by Crippen LogP contribution is -2.24. The Labute approximate surface area is 92.6 Å². The molecule has 0 aliphatic rings. The van der Waals surface area contributed by atoms with E-state index in [9.17, 15) is 13.2 Å². The van der Waals surface area contributed by atoms with Crippen LogP contribution in [-0.2, 0) is 10.9 Å². The monoisotopic (exact) mass is 233 g/mol. The summed E-state index contributed by atoms with van der Waals surface area (Å²) in [5.74, 6) is 0. The Morgan fingerprint density at radius 1 is 1.25 bits per heavy atom. The standard InChI is InChI=1S/C11H14F3NO/c1-15(7-8-16-2)10-6-4-3-5-9(10)11(12,13)14/h3-6H,7-8H2,1-2H3. The van der Waals surface area contributed by atoms with E-state index in [0.717, 1.165) is 6.07 Å². The van der Waals surface area contributed by atoms with E-state index in [1.165, 1.54) is 24.1 Å². The van der Waals surface area contributed by atoms with Gasteiger partial charge >= 0.3 is 6.18 Å². The number of anilines is 1. The summed E-state index contributed by atoms with van der Waals surface area (Å²) in [7, 11) is 3.13. The normalized spacial score (nSPS) is 11.6. The van der Waals surface area contributed by atoms with Crippen LogP contribution in [-0.4, -0.2) is 27.3 Å². The lowest BCUT2D eigenvalue weighted by molar-refractivity contribution is -0.137.